The van der Waals surface area contributed by atoms with Gasteiger partial charge in [-0.2, -0.15) is 0 Å². The molecule has 1 aromatic rings. The molecule has 1 atom stereocenters. The summed E-state index contributed by atoms with van der Waals surface area (Å²) in [7, 11) is 1.81. The van der Waals surface area contributed by atoms with Crippen molar-refractivity contribution in [1.29, 1.82) is 0 Å². The van der Waals surface area contributed by atoms with Crippen LogP contribution in [0.15, 0.2) is 18.2 Å². The van der Waals surface area contributed by atoms with Crippen LogP contribution in [0.5, 0.6) is 0 Å². The van der Waals surface area contributed by atoms with Crippen LogP contribution in [0.3, 0.4) is 0 Å². The number of nitrogens with one attached hydrogen (secondary N) is 1. The average molecular weight is 316 g/mol. The Balaban J connectivity index is 2.41. The van der Waals surface area contributed by atoms with E-state index in [0.717, 1.165) is 24.9 Å². The first-order chi connectivity index (χ1) is 9.64. The summed E-state index contributed by atoms with van der Waals surface area (Å²) in [5.41, 5.74) is 0.868. The minimum atomic E-state index is -0.178. The van der Waals surface area contributed by atoms with Crippen molar-refractivity contribution in [3.05, 3.63) is 33.8 Å². The van der Waals surface area contributed by atoms with E-state index in [1.165, 1.54) is 19.3 Å². The maximum atomic E-state index is 6.43. The lowest BCUT2D eigenvalue weighted by Crippen LogP contribution is -2.47. The van der Waals surface area contributed by atoms with E-state index < -0.39 is 0 Å². The van der Waals surface area contributed by atoms with Crippen LogP contribution < -0.4 is 5.32 Å². The summed E-state index contributed by atoms with van der Waals surface area (Å²) < 4.78 is 5.98. The molecular formula is C16H23Cl2NO. The molecule has 0 radical (unpaired) electrons. The fraction of sp³-hybridized carbons (Fsp3) is 0.625. The summed E-state index contributed by atoms with van der Waals surface area (Å²) in [5.74, 6) is 0. The number of hydrogen-bond acceptors (Lipinski definition) is 2. The summed E-state index contributed by atoms with van der Waals surface area (Å²) in [6.45, 7) is 2.98. The number of rotatable bonds is 5. The Hall–Kier alpha value is -0.280. The minimum absolute atomic E-state index is 0.0870. The first kappa shape index (κ1) is 16.1. The molecule has 1 unspecified atom stereocenters. The van der Waals surface area contributed by atoms with Crippen LogP contribution in [0.25, 0.3) is 0 Å². The van der Waals surface area contributed by atoms with Crippen molar-refractivity contribution in [2.45, 2.75) is 50.7 Å². The second kappa shape index (κ2) is 7.13. The predicted octanol–water partition coefficient (Wildman–Crippen LogP) is 4.99. The van der Waals surface area contributed by atoms with Crippen molar-refractivity contribution in [3.8, 4) is 0 Å². The van der Waals surface area contributed by atoms with Crippen LogP contribution in [-0.4, -0.2) is 19.3 Å². The number of halogens is 2. The van der Waals surface area contributed by atoms with Gasteiger partial charge in [0.05, 0.1) is 21.7 Å². The Labute approximate surface area is 131 Å². The van der Waals surface area contributed by atoms with E-state index in [4.69, 9.17) is 27.9 Å². The molecule has 1 aliphatic carbocycles. The molecule has 1 aliphatic rings. The van der Waals surface area contributed by atoms with Gasteiger partial charge in [0.1, 0.15) is 0 Å². The lowest BCUT2D eigenvalue weighted by atomic mass is 9.76. The second-order valence-electron chi connectivity index (χ2n) is 5.46. The molecular weight excluding hydrogens is 293 g/mol. The maximum absolute atomic E-state index is 6.43. The first-order valence-electron chi connectivity index (χ1n) is 7.37. The Bertz CT molecular complexity index is 444. The summed E-state index contributed by atoms with van der Waals surface area (Å²) in [6, 6.07) is 5.93. The standard InChI is InChI=1S/C16H23Cl2NO/c1-3-19-15(12-8-7-9-13(17)14(12)18)16(20-2)10-5-4-6-11-16/h7-9,15,19H,3-6,10-11H2,1-2H3. The van der Waals surface area contributed by atoms with Gasteiger partial charge in [0.15, 0.2) is 0 Å². The van der Waals surface area contributed by atoms with Crippen LogP contribution >= 0.6 is 23.2 Å². The van der Waals surface area contributed by atoms with Crippen molar-refractivity contribution in [1.82, 2.24) is 5.32 Å². The van der Waals surface area contributed by atoms with E-state index in [9.17, 15) is 0 Å². The second-order valence-corrected chi connectivity index (χ2v) is 6.25. The highest BCUT2D eigenvalue weighted by molar-refractivity contribution is 6.42. The Morgan fingerprint density at radius 2 is 1.95 bits per heavy atom. The number of likely N-dealkylation sites (N-methyl/N-ethyl adjacent to an activating group) is 1. The van der Waals surface area contributed by atoms with Gasteiger partial charge in [-0.3, -0.25) is 0 Å². The van der Waals surface area contributed by atoms with Gasteiger partial charge in [-0.25, -0.2) is 0 Å². The van der Waals surface area contributed by atoms with Gasteiger partial charge in [0.25, 0.3) is 0 Å². The minimum Gasteiger partial charge on any atom is -0.376 e. The number of benzene rings is 1. The summed E-state index contributed by atoms with van der Waals surface area (Å²) in [5, 5.41) is 4.81. The van der Waals surface area contributed by atoms with E-state index in [1.807, 2.05) is 19.2 Å². The van der Waals surface area contributed by atoms with E-state index in [0.29, 0.717) is 10.0 Å². The molecule has 112 valence electrons. The Kier molecular flexibility index (Phi) is 5.74. The smallest absolute Gasteiger partial charge is 0.0873 e. The van der Waals surface area contributed by atoms with E-state index in [-0.39, 0.29) is 11.6 Å². The van der Waals surface area contributed by atoms with Crippen molar-refractivity contribution in [2.24, 2.45) is 0 Å². The zero-order valence-electron chi connectivity index (χ0n) is 12.2. The van der Waals surface area contributed by atoms with E-state index in [1.54, 1.807) is 0 Å². The zero-order valence-corrected chi connectivity index (χ0v) is 13.7. The highest BCUT2D eigenvalue weighted by Crippen LogP contribution is 2.44. The molecule has 0 heterocycles. The topological polar surface area (TPSA) is 21.3 Å². The molecule has 1 N–H and O–H groups in total. The number of methoxy groups -OCH3 is 1. The van der Waals surface area contributed by atoms with Crippen LogP contribution in [-0.2, 0) is 4.74 Å². The van der Waals surface area contributed by atoms with Crippen molar-refractivity contribution in [3.63, 3.8) is 0 Å². The maximum Gasteiger partial charge on any atom is 0.0873 e. The highest BCUT2D eigenvalue weighted by atomic mass is 35.5. The van der Waals surface area contributed by atoms with Gasteiger partial charge in [-0.05, 0) is 31.0 Å². The molecule has 0 amide bonds. The fourth-order valence-electron chi connectivity index (χ4n) is 3.29. The first-order valence-corrected chi connectivity index (χ1v) is 8.12. The van der Waals surface area contributed by atoms with Gasteiger partial charge in [0, 0.05) is 7.11 Å². The van der Waals surface area contributed by atoms with Gasteiger partial charge in [0.2, 0.25) is 0 Å². The van der Waals surface area contributed by atoms with Gasteiger partial charge in [-0.15, -0.1) is 0 Å². The van der Waals surface area contributed by atoms with Gasteiger partial charge >= 0.3 is 0 Å². The SMILES string of the molecule is CCNC(c1cccc(Cl)c1Cl)C1(OC)CCCCC1. The fourth-order valence-corrected chi connectivity index (χ4v) is 3.70. The molecule has 4 heteroatoms. The number of hydrogen-bond donors (Lipinski definition) is 1. The molecule has 1 fully saturated rings. The molecule has 0 saturated heterocycles. The predicted molar refractivity (Wildman–Crippen MR) is 85.7 cm³/mol. The average Bonchev–Trinajstić information content (AvgIpc) is 2.49. The van der Waals surface area contributed by atoms with Crippen molar-refractivity contribution >= 4 is 23.2 Å². The van der Waals surface area contributed by atoms with Crippen LogP contribution in [0.1, 0.15) is 50.6 Å². The molecule has 0 bridgehead atoms. The molecule has 2 nitrogen and oxygen atoms in total. The molecule has 1 aromatic carbocycles. The molecule has 1 saturated carbocycles. The van der Waals surface area contributed by atoms with Crippen LogP contribution in [0, 0.1) is 0 Å². The summed E-state index contributed by atoms with van der Waals surface area (Å²) in [4.78, 5) is 0. The van der Waals surface area contributed by atoms with Crippen LogP contribution in [0.4, 0.5) is 0 Å². The van der Waals surface area contributed by atoms with Gasteiger partial charge < -0.3 is 10.1 Å². The van der Waals surface area contributed by atoms with E-state index in [2.05, 4.69) is 18.3 Å². The van der Waals surface area contributed by atoms with Gasteiger partial charge in [-0.1, -0.05) is 61.5 Å². The van der Waals surface area contributed by atoms with Crippen molar-refractivity contribution < 1.29 is 4.74 Å². The Morgan fingerprint density at radius 3 is 2.55 bits per heavy atom. The van der Waals surface area contributed by atoms with E-state index >= 15 is 0 Å². The molecule has 0 aromatic heterocycles. The molecule has 0 aliphatic heterocycles. The largest absolute Gasteiger partial charge is 0.376 e. The zero-order chi connectivity index (χ0) is 14.6. The normalized spacial score (nSPS) is 19.8. The molecule has 0 spiro atoms. The molecule has 2 rings (SSSR count). The lowest BCUT2D eigenvalue weighted by Gasteiger charge is -2.43. The summed E-state index contributed by atoms with van der Waals surface area (Å²) in [6.07, 6.45) is 5.81. The quantitative estimate of drug-likeness (QED) is 0.826. The monoisotopic (exact) mass is 315 g/mol. The molecule has 20 heavy (non-hydrogen) atoms. The highest BCUT2D eigenvalue weighted by Gasteiger charge is 2.41. The Morgan fingerprint density at radius 1 is 1.25 bits per heavy atom. The van der Waals surface area contributed by atoms with Crippen LogP contribution in [0.2, 0.25) is 10.0 Å². The third-order valence-electron chi connectivity index (χ3n) is 4.33. The lowest BCUT2D eigenvalue weighted by molar-refractivity contribution is -0.0684. The number of ether oxygens (including phenoxy) is 1. The summed E-state index contributed by atoms with van der Waals surface area (Å²) >= 11 is 12.6. The van der Waals surface area contributed by atoms with Crippen molar-refractivity contribution in [2.75, 3.05) is 13.7 Å². The third-order valence-corrected chi connectivity index (χ3v) is 5.17. The third kappa shape index (κ3) is 3.14.